The Bertz CT molecular complexity index is 122. The summed E-state index contributed by atoms with van der Waals surface area (Å²) in [6, 6.07) is 0. The molecule has 1 heterocycles. The van der Waals surface area contributed by atoms with Crippen LogP contribution >= 0.6 is 11.8 Å². The van der Waals surface area contributed by atoms with E-state index in [-0.39, 0.29) is 5.54 Å². The SMILES string of the molecule is CC(C)(N)CCC1CCSCC1. The Morgan fingerprint density at radius 2 is 1.92 bits per heavy atom. The fraction of sp³-hybridized carbons (Fsp3) is 1.00. The Morgan fingerprint density at radius 3 is 2.42 bits per heavy atom. The summed E-state index contributed by atoms with van der Waals surface area (Å²) in [5.41, 5.74) is 5.99. The molecule has 1 nitrogen and oxygen atoms in total. The van der Waals surface area contributed by atoms with Gasteiger partial charge in [-0.1, -0.05) is 0 Å². The zero-order valence-corrected chi connectivity index (χ0v) is 9.12. The number of nitrogens with two attached hydrogens (primary N) is 1. The molecule has 0 spiro atoms. The molecule has 2 N–H and O–H groups in total. The van der Waals surface area contributed by atoms with Crippen LogP contribution in [0.3, 0.4) is 0 Å². The van der Waals surface area contributed by atoms with Crippen molar-refractivity contribution in [3.8, 4) is 0 Å². The molecule has 0 saturated carbocycles. The van der Waals surface area contributed by atoms with Crippen molar-refractivity contribution >= 4 is 11.8 Å². The van der Waals surface area contributed by atoms with E-state index in [2.05, 4.69) is 25.6 Å². The third kappa shape index (κ3) is 4.36. The van der Waals surface area contributed by atoms with Gasteiger partial charge in [-0.05, 0) is 57.0 Å². The van der Waals surface area contributed by atoms with Gasteiger partial charge in [0.05, 0.1) is 0 Å². The molecule has 0 aromatic rings. The maximum absolute atomic E-state index is 5.95. The standard InChI is InChI=1S/C10H21NS/c1-10(2,11)6-3-9-4-7-12-8-5-9/h9H,3-8,11H2,1-2H3. The van der Waals surface area contributed by atoms with E-state index in [1.807, 2.05) is 0 Å². The van der Waals surface area contributed by atoms with Gasteiger partial charge in [-0.2, -0.15) is 11.8 Å². The van der Waals surface area contributed by atoms with Crippen molar-refractivity contribution in [3.05, 3.63) is 0 Å². The van der Waals surface area contributed by atoms with Crippen LogP contribution in [0.15, 0.2) is 0 Å². The number of thioether (sulfide) groups is 1. The predicted molar refractivity (Wildman–Crippen MR) is 57.5 cm³/mol. The van der Waals surface area contributed by atoms with Crippen LogP contribution in [0.2, 0.25) is 0 Å². The first-order valence-electron chi connectivity index (χ1n) is 4.94. The third-order valence-corrected chi connectivity index (χ3v) is 3.59. The minimum atomic E-state index is 0.0462. The molecule has 0 bridgehead atoms. The molecule has 2 heteroatoms. The van der Waals surface area contributed by atoms with Crippen LogP contribution in [0.1, 0.15) is 39.5 Å². The van der Waals surface area contributed by atoms with E-state index in [0.717, 1.165) is 5.92 Å². The fourth-order valence-corrected chi connectivity index (χ4v) is 2.82. The van der Waals surface area contributed by atoms with Gasteiger partial charge in [0.25, 0.3) is 0 Å². The molecule has 0 radical (unpaired) electrons. The van der Waals surface area contributed by atoms with Crippen LogP contribution in [0.25, 0.3) is 0 Å². The van der Waals surface area contributed by atoms with E-state index in [9.17, 15) is 0 Å². The summed E-state index contributed by atoms with van der Waals surface area (Å²) in [7, 11) is 0. The van der Waals surface area contributed by atoms with Gasteiger partial charge in [0.2, 0.25) is 0 Å². The second-order valence-electron chi connectivity index (χ2n) is 4.58. The minimum Gasteiger partial charge on any atom is -0.326 e. The van der Waals surface area contributed by atoms with Gasteiger partial charge in [0, 0.05) is 5.54 Å². The zero-order chi connectivity index (χ0) is 9.03. The lowest BCUT2D eigenvalue weighted by atomic mass is 9.90. The molecule has 0 aromatic carbocycles. The van der Waals surface area contributed by atoms with Crippen molar-refractivity contribution in [2.45, 2.75) is 45.1 Å². The number of hydrogen-bond acceptors (Lipinski definition) is 2. The highest BCUT2D eigenvalue weighted by Crippen LogP contribution is 2.27. The predicted octanol–water partition coefficient (Wildman–Crippen LogP) is 2.65. The Hall–Kier alpha value is 0.310. The van der Waals surface area contributed by atoms with E-state index in [0.29, 0.717) is 0 Å². The molecular formula is C10H21NS. The molecule has 1 saturated heterocycles. The average molecular weight is 187 g/mol. The summed E-state index contributed by atoms with van der Waals surface area (Å²) in [6.45, 7) is 4.26. The Kier molecular flexibility index (Phi) is 3.91. The van der Waals surface area contributed by atoms with Crippen molar-refractivity contribution < 1.29 is 0 Å². The van der Waals surface area contributed by atoms with E-state index < -0.39 is 0 Å². The summed E-state index contributed by atoms with van der Waals surface area (Å²) >= 11 is 2.10. The molecule has 1 fully saturated rings. The quantitative estimate of drug-likeness (QED) is 0.735. The van der Waals surface area contributed by atoms with E-state index in [4.69, 9.17) is 5.73 Å². The monoisotopic (exact) mass is 187 g/mol. The van der Waals surface area contributed by atoms with Gasteiger partial charge in [-0.3, -0.25) is 0 Å². The first kappa shape index (κ1) is 10.4. The molecule has 1 aliphatic heterocycles. The van der Waals surface area contributed by atoms with Crippen LogP contribution in [0.5, 0.6) is 0 Å². The molecule has 1 rings (SSSR count). The summed E-state index contributed by atoms with van der Waals surface area (Å²) in [6.07, 6.45) is 5.36. The van der Waals surface area contributed by atoms with Crippen LogP contribution in [0, 0.1) is 5.92 Å². The largest absolute Gasteiger partial charge is 0.326 e. The van der Waals surface area contributed by atoms with Crippen LogP contribution in [-0.2, 0) is 0 Å². The van der Waals surface area contributed by atoms with Gasteiger partial charge in [0.15, 0.2) is 0 Å². The highest BCUT2D eigenvalue weighted by Gasteiger charge is 2.17. The van der Waals surface area contributed by atoms with E-state index in [1.54, 1.807) is 0 Å². The van der Waals surface area contributed by atoms with Gasteiger partial charge in [-0.25, -0.2) is 0 Å². The summed E-state index contributed by atoms with van der Waals surface area (Å²) < 4.78 is 0. The summed E-state index contributed by atoms with van der Waals surface area (Å²) in [5.74, 6) is 3.71. The van der Waals surface area contributed by atoms with Crippen molar-refractivity contribution in [1.29, 1.82) is 0 Å². The third-order valence-electron chi connectivity index (χ3n) is 2.54. The van der Waals surface area contributed by atoms with Crippen molar-refractivity contribution in [2.24, 2.45) is 11.7 Å². The van der Waals surface area contributed by atoms with Gasteiger partial charge < -0.3 is 5.73 Å². The lowest BCUT2D eigenvalue weighted by molar-refractivity contribution is 0.368. The number of hydrogen-bond donors (Lipinski definition) is 1. The normalized spacial score (nSPS) is 21.2. The molecule has 0 aliphatic carbocycles. The summed E-state index contributed by atoms with van der Waals surface area (Å²) in [5, 5.41) is 0. The number of rotatable bonds is 3. The Morgan fingerprint density at radius 1 is 1.33 bits per heavy atom. The molecule has 72 valence electrons. The van der Waals surface area contributed by atoms with Crippen molar-refractivity contribution in [2.75, 3.05) is 11.5 Å². The minimum absolute atomic E-state index is 0.0462. The van der Waals surface area contributed by atoms with Gasteiger partial charge >= 0.3 is 0 Å². The second kappa shape index (κ2) is 4.52. The molecule has 0 aromatic heterocycles. The smallest absolute Gasteiger partial charge is 0.00971 e. The molecular weight excluding hydrogens is 166 g/mol. The Labute approximate surface area is 80.5 Å². The fourth-order valence-electron chi connectivity index (χ4n) is 1.61. The highest BCUT2D eigenvalue weighted by molar-refractivity contribution is 7.99. The van der Waals surface area contributed by atoms with E-state index >= 15 is 0 Å². The highest BCUT2D eigenvalue weighted by atomic mass is 32.2. The molecule has 0 amide bonds. The van der Waals surface area contributed by atoms with Gasteiger partial charge in [0.1, 0.15) is 0 Å². The Balaban J connectivity index is 2.13. The second-order valence-corrected chi connectivity index (χ2v) is 5.81. The van der Waals surface area contributed by atoms with Gasteiger partial charge in [-0.15, -0.1) is 0 Å². The molecule has 1 aliphatic rings. The lowest BCUT2D eigenvalue weighted by Gasteiger charge is -2.25. The topological polar surface area (TPSA) is 26.0 Å². The molecule has 0 unspecified atom stereocenters. The first-order valence-corrected chi connectivity index (χ1v) is 6.10. The van der Waals surface area contributed by atoms with Crippen molar-refractivity contribution in [3.63, 3.8) is 0 Å². The van der Waals surface area contributed by atoms with Crippen LogP contribution in [0.4, 0.5) is 0 Å². The molecule has 12 heavy (non-hydrogen) atoms. The first-order chi connectivity index (χ1) is 5.58. The van der Waals surface area contributed by atoms with Crippen LogP contribution in [-0.4, -0.2) is 17.0 Å². The lowest BCUT2D eigenvalue weighted by Crippen LogP contribution is -2.32. The molecule has 0 atom stereocenters. The van der Waals surface area contributed by atoms with E-state index in [1.165, 1.54) is 37.2 Å². The maximum Gasteiger partial charge on any atom is 0.00971 e. The zero-order valence-electron chi connectivity index (χ0n) is 8.31. The average Bonchev–Trinajstić information content (AvgIpc) is 2.02. The van der Waals surface area contributed by atoms with Crippen molar-refractivity contribution in [1.82, 2.24) is 0 Å². The maximum atomic E-state index is 5.95. The summed E-state index contributed by atoms with van der Waals surface area (Å²) in [4.78, 5) is 0. The van der Waals surface area contributed by atoms with Crippen LogP contribution < -0.4 is 5.73 Å².